The number of carbonyl (C=O) groups is 1. The number of fused-ring (bicyclic) bond motifs is 1. The molecule has 3 aromatic rings. The van der Waals surface area contributed by atoms with Crippen LogP contribution in [0.15, 0.2) is 54.6 Å². The normalized spacial score (nSPS) is 17.6. The summed E-state index contributed by atoms with van der Waals surface area (Å²) >= 11 is 5.89. The number of rotatable bonds is 3. The van der Waals surface area contributed by atoms with E-state index in [0.717, 1.165) is 41.8 Å². The summed E-state index contributed by atoms with van der Waals surface area (Å²) < 4.78 is 0. The lowest BCUT2D eigenvalue weighted by Gasteiger charge is -2.21. The quantitative estimate of drug-likeness (QED) is 0.701. The maximum Gasteiger partial charge on any atom is 0.247 e. The Balaban J connectivity index is 1.54. The van der Waals surface area contributed by atoms with E-state index < -0.39 is 0 Å². The first-order valence-corrected chi connectivity index (χ1v) is 8.77. The number of benzene rings is 2. The Bertz CT molecular complexity index is 897. The molecule has 126 valence electrons. The van der Waals surface area contributed by atoms with Crippen molar-refractivity contribution in [1.29, 1.82) is 0 Å². The average molecular weight is 352 g/mol. The first kappa shape index (κ1) is 15.9. The molecule has 1 fully saturated rings. The van der Waals surface area contributed by atoms with Crippen LogP contribution >= 0.6 is 11.6 Å². The predicted octanol–water partition coefficient (Wildman–Crippen LogP) is 4.59. The first-order chi connectivity index (χ1) is 12.2. The van der Waals surface area contributed by atoms with Gasteiger partial charge in [0.15, 0.2) is 0 Å². The zero-order valence-electron chi connectivity index (χ0n) is 13.7. The van der Waals surface area contributed by atoms with Gasteiger partial charge >= 0.3 is 0 Å². The molecule has 0 unspecified atom stereocenters. The van der Waals surface area contributed by atoms with Crippen molar-refractivity contribution >= 4 is 34.6 Å². The van der Waals surface area contributed by atoms with Crippen molar-refractivity contribution in [3.8, 4) is 0 Å². The number of nitrogens with zero attached hydrogens (tertiary/aromatic N) is 2. The fraction of sp³-hybridized carbons (Fsp3) is 0.200. The molecular weight excluding hydrogens is 334 g/mol. The molecule has 2 heterocycles. The van der Waals surface area contributed by atoms with Crippen LogP contribution in [-0.2, 0) is 4.79 Å². The van der Waals surface area contributed by atoms with E-state index in [-0.39, 0.29) is 11.9 Å². The fourth-order valence-corrected chi connectivity index (χ4v) is 3.41. The molecule has 1 N–H and O–H groups in total. The van der Waals surface area contributed by atoms with Crippen molar-refractivity contribution in [1.82, 2.24) is 14.9 Å². The molecule has 1 aliphatic rings. The third-order valence-electron chi connectivity index (χ3n) is 4.55. The van der Waals surface area contributed by atoms with Gasteiger partial charge in [0.2, 0.25) is 5.91 Å². The Kier molecular flexibility index (Phi) is 4.28. The molecule has 1 aliphatic heterocycles. The monoisotopic (exact) mass is 351 g/mol. The van der Waals surface area contributed by atoms with Crippen molar-refractivity contribution in [2.45, 2.75) is 18.9 Å². The standard InChI is InChI=1S/C20H18ClN3O/c21-15-10-7-14(8-11-15)9-12-19(25)24-13-3-6-18(24)20-22-16-4-1-2-5-17(16)23-20/h1-2,4-5,7-12,18H,3,6,13H2,(H,22,23)/b12-9+/t18-/m1/s1. The van der Waals surface area contributed by atoms with Crippen molar-refractivity contribution in [2.75, 3.05) is 6.54 Å². The molecule has 1 aromatic heterocycles. The van der Waals surface area contributed by atoms with Gasteiger partial charge in [-0.1, -0.05) is 35.9 Å². The second kappa shape index (κ2) is 6.73. The Morgan fingerprint density at radius 2 is 2.00 bits per heavy atom. The third-order valence-corrected chi connectivity index (χ3v) is 4.80. The molecule has 1 saturated heterocycles. The highest BCUT2D eigenvalue weighted by Crippen LogP contribution is 2.31. The summed E-state index contributed by atoms with van der Waals surface area (Å²) in [5.74, 6) is 0.879. The zero-order valence-corrected chi connectivity index (χ0v) is 14.4. The molecule has 4 nitrogen and oxygen atoms in total. The molecular formula is C20H18ClN3O. The Morgan fingerprint density at radius 3 is 2.80 bits per heavy atom. The summed E-state index contributed by atoms with van der Waals surface area (Å²) in [6.07, 6.45) is 5.37. The Morgan fingerprint density at radius 1 is 1.20 bits per heavy atom. The summed E-state index contributed by atoms with van der Waals surface area (Å²) in [4.78, 5) is 22.6. The minimum absolute atomic E-state index is 0.00904. The van der Waals surface area contributed by atoms with E-state index in [2.05, 4.69) is 9.97 Å². The van der Waals surface area contributed by atoms with E-state index in [4.69, 9.17) is 11.6 Å². The van der Waals surface area contributed by atoms with E-state index in [0.29, 0.717) is 5.02 Å². The average Bonchev–Trinajstić information content (AvgIpc) is 3.27. The summed E-state index contributed by atoms with van der Waals surface area (Å²) in [6.45, 7) is 0.755. The van der Waals surface area contributed by atoms with Gasteiger partial charge in [0.05, 0.1) is 17.1 Å². The molecule has 0 spiro atoms. The van der Waals surface area contributed by atoms with Crippen LogP contribution in [-0.4, -0.2) is 27.3 Å². The van der Waals surface area contributed by atoms with E-state index in [1.54, 1.807) is 6.08 Å². The minimum Gasteiger partial charge on any atom is -0.340 e. The van der Waals surface area contributed by atoms with E-state index in [1.165, 1.54) is 0 Å². The van der Waals surface area contributed by atoms with Crippen LogP contribution in [0.5, 0.6) is 0 Å². The van der Waals surface area contributed by atoms with Crippen molar-refractivity contribution in [2.24, 2.45) is 0 Å². The van der Waals surface area contributed by atoms with E-state index in [1.807, 2.05) is 59.5 Å². The molecule has 0 radical (unpaired) electrons. The lowest BCUT2D eigenvalue weighted by molar-refractivity contribution is -0.126. The highest BCUT2D eigenvalue weighted by atomic mass is 35.5. The maximum atomic E-state index is 12.7. The highest BCUT2D eigenvalue weighted by Gasteiger charge is 2.30. The van der Waals surface area contributed by atoms with Gasteiger partial charge in [0.1, 0.15) is 5.82 Å². The fourth-order valence-electron chi connectivity index (χ4n) is 3.28. The van der Waals surface area contributed by atoms with Gasteiger partial charge < -0.3 is 9.88 Å². The van der Waals surface area contributed by atoms with Crippen LogP contribution in [0, 0.1) is 0 Å². The van der Waals surface area contributed by atoms with Crippen LogP contribution in [0.25, 0.3) is 17.1 Å². The molecule has 25 heavy (non-hydrogen) atoms. The summed E-state index contributed by atoms with van der Waals surface area (Å²) in [6, 6.07) is 15.4. The number of hydrogen-bond donors (Lipinski definition) is 1. The maximum absolute atomic E-state index is 12.7. The molecule has 0 aliphatic carbocycles. The van der Waals surface area contributed by atoms with E-state index >= 15 is 0 Å². The van der Waals surface area contributed by atoms with Crippen LogP contribution in [0.2, 0.25) is 5.02 Å². The topological polar surface area (TPSA) is 49.0 Å². The summed E-state index contributed by atoms with van der Waals surface area (Å²) in [7, 11) is 0. The van der Waals surface area contributed by atoms with Gasteiger partial charge in [-0.3, -0.25) is 4.79 Å². The molecule has 5 heteroatoms. The van der Waals surface area contributed by atoms with Crippen molar-refractivity contribution in [3.05, 3.63) is 71.0 Å². The predicted molar refractivity (Wildman–Crippen MR) is 100 cm³/mol. The van der Waals surface area contributed by atoms with Gasteiger partial charge in [0.25, 0.3) is 0 Å². The van der Waals surface area contributed by atoms with Crippen LogP contribution < -0.4 is 0 Å². The Hall–Kier alpha value is -2.59. The zero-order chi connectivity index (χ0) is 17.2. The highest BCUT2D eigenvalue weighted by molar-refractivity contribution is 6.30. The number of aromatic nitrogens is 2. The van der Waals surface area contributed by atoms with Gasteiger partial charge in [-0.05, 0) is 48.7 Å². The summed E-state index contributed by atoms with van der Waals surface area (Å²) in [5.41, 5.74) is 2.90. The molecule has 4 rings (SSSR count). The van der Waals surface area contributed by atoms with Gasteiger partial charge in [-0.15, -0.1) is 0 Å². The number of aromatic amines is 1. The molecule has 1 atom stereocenters. The van der Waals surface area contributed by atoms with Gasteiger partial charge in [-0.2, -0.15) is 0 Å². The van der Waals surface area contributed by atoms with Crippen LogP contribution in [0.4, 0.5) is 0 Å². The SMILES string of the molecule is O=C(/C=C/c1ccc(Cl)cc1)N1CCC[C@@H]1c1nc2ccccc2[nH]1. The van der Waals surface area contributed by atoms with Crippen LogP contribution in [0.3, 0.4) is 0 Å². The second-order valence-electron chi connectivity index (χ2n) is 6.21. The van der Waals surface area contributed by atoms with Crippen molar-refractivity contribution < 1.29 is 4.79 Å². The lowest BCUT2D eigenvalue weighted by Crippen LogP contribution is -2.29. The number of halogens is 1. The molecule has 2 aromatic carbocycles. The van der Waals surface area contributed by atoms with E-state index in [9.17, 15) is 4.79 Å². The minimum atomic E-state index is 0.00904. The lowest BCUT2D eigenvalue weighted by atomic mass is 10.2. The number of H-pyrrole nitrogens is 1. The van der Waals surface area contributed by atoms with Gasteiger partial charge in [0, 0.05) is 17.6 Å². The number of hydrogen-bond acceptors (Lipinski definition) is 2. The number of para-hydroxylation sites is 2. The smallest absolute Gasteiger partial charge is 0.247 e. The number of imidazole rings is 1. The number of likely N-dealkylation sites (tertiary alicyclic amines) is 1. The first-order valence-electron chi connectivity index (χ1n) is 8.39. The largest absolute Gasteiger partial charge is 0.340 e. The molecule has 0 saturated carbocycles. The third kappa shape index (κ3) is 3.30. The number of carbonyl (C=O) groups excluding carboxylic acids is 1. The molecule has 1 amide bonds. The van der Waals surface area contributed by atoms with Crippen LogP contribution in [0.1, 0.15) is 30.3 Å². The van der Waals surface area contributed by atoms with Crippen molar-refractivity contribution in [3.63, 3.8) is 0 Å². The summed E-state index contributed by atoms with van der Waals surface area (Å²) in [5, 5.41) is 0.688. The van der Waals surface area contributed by atoms with Gasteiger partial charge in [-0.25, -0.2) is 4.98 Å². The second-order valence-corrected chi connectivity index (χ2v) is 6.65. The number of amides is 1. The number of nitrogens with one attached hydrogen (secondary N) is 1. The molecule has 0 bridgehead atoms. The Labute approximate surface area is 151 Å².